The van der Waals surface area contributed by atoms with Gasteiger partial charge in [-0.1, -0.05) is 86.9 Å². The fourth-order valence-electron chi connectivity index (χ4n) is 13.0. The highest BCUT2D eigenvalue weighted by molar-refractivity contribution is 5.52. The van der Waals surface area contributed by atoms with E-state index < -0.39 is 0 Å². The number of nitrogens with zero attached hydrogens (tertiary/aromatic N) is 2. The quantitative estimate of drug-likeness (QED) is 0.264. The molecule has 0 radical (unpaired) electrons. The first-order valence-electron chi connectivity index (χ1n) is 22.2. The van der Waals surface area contributed by atoms with Crippen molar-refractivity contribution in [3.05, 3.63) is 130 Å². The largest absolute Gasteiger partial charge is 0.489 e. The van der Waals surface area contributed by atoms with E-state index in [1.165, 1.54) is 92.7 Å². The summed E-state index contributed by atoms with van der Waals surface area (Å²) >= 11 is 0. The molecule has 0 aromatic heterocycles. The first kappa shape index (κ1) is 33.7. The zero-order valence-electron chi connectivity index (χ0n) is 32.7. The van der Waals surface area contributed by atoms with Crippen molar-refractivity contribution >= 4 is 0 Å². The summed E-state index contributed by atoms with van der Waals surface area (Å²) in [5, 5.41) is 0. The van der Waals surface area contributed by atoms with E-state index >= 15 is 0 Å². The maximum atomic E-state index is 7.21. The molecule has 0 spiro atoms. The van der Waals surface area contributed by atoms with Gasteiger partial charge in [0.15, 0.2) is 0 Å². The highest BCUT2D eigenvalue weighted by Gasteiger charge is 2.53. The molecule has 0 N–H and O–H groups in total. The van der Waals surface area contributed by atoms with Crippen molar-refractivity contribution in [3.8, 4) is 0 Å². The van der Waals surface area contributed by atoms with Crippen molar-refractivity contribution in [3.63, 3.8) is 0 Å². The monoisotopic (exact) mass is 720 g/mol. The Hall–Kier alpha value is -3.66. The van der Waals surface area contributed by atoms with Gasteiger partial charge in [-0.3, -0.25) is 0 Å². The normalized spacial score (nSPS) is 39.2. The van der Waals surface area contributed by atoms with Crippen LogP contribution in [-0.4, -0.2) is 39.6 Å². The van der Waals surface area contributed by atoms with Gasteiger partial charge in [0.05, 0.1) is 11.7 Å². The Morgan fingerprint density at radius 3 is 2.63 bits per heavy atom. The van der Waals surface area contributed by atoms with Crippen molar-refractivity contribution in [1.82, 2.24) is 9.80 Å². The predicted molar refractivity (Wildman–Crippen MR) is 217 cm³/mol. The van der Waals surface area contributed by atoms with Crippen LogP contribution in [0.5, 0.6) is 0 Å². The van der Waals surface area contributed by atoms with Crippen LogP contribution in [0.2, 0.25) is 0 Å². The van der Waals surface area contributed by atoms with Gasteiger partial charge in [0.25, 0.3) is 0 Å². The van der Waals surface area contributed by atoms with Gasteiger partial charge in [-0.05, 0) is 137 Å². The molecule has 0 saturated heterocycles. The summed E-state index contributed by atoms with van der Waals surface area (Å²) in [7, 11) is 0. The number of hydrogen-bond donors (Lipinski definition) is 0. The smallest absolute Gasteiger partial charge is 0.143 e. The lowest BCUT2D eigenvalue weighted by atomic mass is 9.71. The number of hydrogen-bond acceptors (Lipinski definition) is 4. The second-order valence-corrected chi connectivity index (χ2v) is 18.7. The Bertz CT molecular complexity index is 1940. The lowest BCUT2D eigenvalue weighted by Gasteiger charge is -2.47. The maximum absolute atomic E-state index is 7.21. The van der Waals surface area contributed by atoms with Crippen LogP contribution in [-0.2, 0) is 9.47 Å². The first-order valence-corrected chi connectivity index (χ1v) is 22.2. The van der Waals surface area contributed by atoms with E-state index in [2.05, 4.69) is 103 Å². The van der Waals surface area contributed by atoms with Gasteiger partial charge in [-0.25, -0.2) is 0 Å². The summed E-state index contributed by atoms with van der Waals surface area (Å²) in [5.41, 5.74) is 10.5. The molecule has 0 bridgehead atoms. The minimum atomic E-state index is -0.307. The van der Waals surface area contributed by atoms with Gasteiger partial charge in [0, 0.05) is 47.1 Å². The fourth-order valence-corrected chi connectivity index (χ4v) is 13.0. The second-order valence-electron chi connectivity index (χ2n) is 18.7. The van der Waals surface area contributed by atoms with Crippen molar-refractivity contribution in [2.45, 2.75) is 146 Å². The maximum Gasteiger partial charge on any atom is 0.143 e. The predicted octanol–water partition coefficient (Wildman–Crippen LogP) is 11.6. The van der Waals surface area contributed by atoms with E-state index in [9.17, 15) is 0 Å². The van der Waals surface area contributed by atoms with Crippen LogP contribution in [0, 0.1) is 29.6 Å². The average Bonchev–Trinajstić information content (AvgIpc) is 3.87. The molecule has 0 aromatic rings. The molecule has 11 aliphatic rings. The summed E-state index contributed by atoms with van der Waals surface area (Å²) < 4.78 is 14.1. The standard InChI is InChI=1S/C50H60N2O2/c1-32-23-27-43(47-39-18-9-10-22-46(39)53-48(32)47)52(44-21-13-19-38-41-20-11-12-29-50(41,2)54-49(38)44)36-25-28-42-40(31-36)37-26-24-34(33-14-5-3-6-15-33)30-45(37)51(42)35-16-7-4-8-17-35/h5,10-12,14,20-22,24,26,29-33,35,37,41,43,45,47-48H,3-4,6-9,13,15-19,23,25,27-28H2,1-2H3. The first-order chi connectivity index (χ1) is 26.6. The van der Waals surface area contributed by atoms with Gasteiger partial charge in [-0.2, -0.15) is 0 Å². The van der Waals surface area contributed by atoms with Crippen LogP contribution < -0.4 is 0 Å². The van der Waals surface area contributed by atoms with Gasteiger partial charge in [0.1, 0.15) is 23.2 Å². The molecule has 4 nitrogen and oxygen atoms in total. The molecule has 9 atom stereocenters. The van der Waals surface area contributed by atoms with E-state index in [0.29, 0.717) is 47.7 Å². The average molecular weight is 721 g/mol. The lowest BCUT2D eigenvalue weighted by Crippen LogP contribution is -2.49. The van der Waals surface area contributed by atoms with Crippen molar-refractivity contribution in [2.24, 2.45) is 29.6 Å². The summed E-state index contributed by atoms with van der Waals surface area (Å²) in [6.45, 7) is 4.75. The van der Waals surface area contributed by atoms with Crippen molar-refractivity contribution < 1.29 is 9.47 Å². The summed E-state index contributed by atoms with van der Waals surface area (Å²) in [6, 6.07) is 1.48. The SMILES string of the molecule is CC1CCC(N(C2=CC3=C(CC2)N(C2CCCCC2)C2C=C(C4C=CCCC4)C=CC32)C2=CCCC3=C2OC2(C)C=CC=CC32)C2C3=C(C=CCC3)OC12. The summed E-state index contributed by atoms with van der Waals surface area (Å²) in [6.07, 6.45) is 51.9. The molecule has 11 rings (SSSR count). The van der Waals surface area contributed by atoms with E-state index in [-0.39, 0.29) is 11.7 Å². The van der Waals surface area contributed by atoms with Crippen LogP contribution in [0.4, 0.5) is 0 Å². The molecule has 0 amide bonds. The number of rotatable bonds is 5. The molecule has 3 heterocycles. The van der Waals surface area contributed by atoms with Gasteiger partial charge < -0.3 is 19.3 Å². The molecule has 2 saturated carbocycles. The molecular formula is C50H60N2O2. The Labute approximate surface area is 324 Å². The summed E-state index contributed by atoms with van der Waals surface area (Å²) in [4.78, 5) is 5.86. The third kappa shape index (κ3) is 5.27. The summed E-state index contributed by atoms with van der Waals surface area (Å²) in [5.74, 6) is 4.66. The highest BCUT2D eigenvalue weighted by Crippen LogP contribution is 2.56. The molecule has 3 aliphatic heterocycles. The number of allylic oxidation sites excluding steroid dienone is 12. The zero-order valence-corrected chi connectivity index (χ0v) is 32.7. The minimum Gasteiger partial charge on any atom is -0.489 e. The van der Waals surface area contributed by atoms with E-state index in [0.717, 1.165) is 38.5 Å². The Morgan fingerprint density at radius 2 is 1.74 bits per heavy atom. The van der Waals surface area contributed by atoms with E-state index in [4.69, 9.17) is 9.47 Å². The van der Waals surface area contributed by atoms with Gasteiger partial charge in [-0.15, -0.1) is 0 Å². The van der Waals surface area contributed by atoms with Crippen LogP contribution in [0.25, 0.3) is 0 Å². The second kappa shape index (κ2) is 13.2. The molecule has 282 valence electrons. The Kier molecular flexibility index (Phi) is 8.25. The third-order valence-corrected chi connectivity index (χ3v) is 15.6. The van der Waals surface area contributed by atoms with Crippen LogP contribution in [0.3, 0.4) is 0 Å². The van der Waals surface area contributed by atoms with Crippen LogP contribution >= 0.6 is 0 Å². The van der Waals surface area contributed by atoms with Crippen molar-refractivity contribution in [2.75, 3.05) is 0 Å². The van der Waals surface area contributed by atoms with E-state index in [1.54, 1.807) is 22.4 Å². The minimum absolute atomic E-state index is 0.252. The van der Waals surface area contributed by atoms with Gasteiger partial charge >= 0.3 is 0 Å². The van der Waals surface area contributed by atoms with Crippen molar-refractivity contribution in [1.29, 1.82) is 0 Å². The molecule has 2 fully saturated rings. The molecule has 54 heavy (non-hydrogen) atoms. The van der Waals surface area contributed by atoms with Gasteiger partial charge in [0.2, 0.25) is 0 Å². The number of fused-ring (bicyclic) bond motifs is 6. The number of ether oxygens (including phenoxy) is 2. The topological polar surface area (TPSA) is 24.9 Å². The molecule has 9 unspecified atom stereocenters. The molecule has 4 heteroatoms. The van der Waals surface area contributed by atoms with Crippen LogP contribution in [0.15, 0.2) is 130 Å². The Morgan fingerprint density at radius 1 is 0.833 bits per heavy atom. The molecule has 0 aromatic carbocycles. The molecule has 8 aliphatic carbocycles. The lowest BCUT2D eigenvalue weighted by molar-refractivity contribution is 0.00369. The fraction of sp³-hybridized carbons (Fsp3) is 0.560. The zero-order chi connectivity index (χ0) is 36.0. The van der Waals surface area contributed by atoms with Crippen LogP contribution in [0.1, 0.15) is 117 Å². The third-order valence-electron chi connectivity index (χ3n) is 15.6. The Balaban J connectivity index is 1.03. The van der Waals surface area contributed by atoms with E-state index in [1.807, 2.05) is 0 Å². The molecular weight excluding hydrogens is 661 g/mol. The highest BCUT2D eigenvalue weighted by atomic mass is 16.5.